The molecular weight excluding hydrogens is 410 g/mol. The van der Waals surface area contributed by atoms with Gasteiger partial charge in [-0.3, -0.25) is 14.2 Å². The Balaban J connectivity index is 2.70. The highest BCUT2D eigenvalue weighted by atomic mass is 79.9. The molecule has 0 fully saturated rings. The van der Waals surface area contributed by atoms with Crippen molar-refractivity contribution in [2.75, 3.05) is 5.33 Å². The Labute approximate surface area is 146 Å². The molecule has 0 radical (unpaired) electrons. The van der Waals surface area contributed by atoms with E-state index >= 15 is 0 Å². The monoisotopic (exact) mass is 425 g/mol. The fourth-order valence-corrected chi connectivity index (χ4v) is 3.31. The van der Waals surface area contributed by atoms with Crippen LogP contribution < -0.4 is 5.56 Å². The summed E-state index contributed by atoms with van der Waals surface area (Å²) >= 11 is 6.78. The second-order valence-corrected chi connectivity index (χ2v) is 6.84. The zero-order valence-electron chi connectivity index (χ0n) is 12.5. The van der Waals surface area contributed by atoms with E-state index in [1.165, 1.54) is 0 Å². The van der Waals surface area contributed by atoms with E-state index in [2.05, 4.69) is 31.9 Å². The van der Waals surface area contributed by atoms with Crippen LogP contribution in [0.5, 0.6) is 0 Å². The van der Waals surface area contributed by atoms with Crippen molar-refractivity contribution >= 4 is 38.1 Å². The van der Waals surface area contributed by atoms with Gasteiger partial charge >= 0.3 is 0 Å². The van der Waals surface area contributed by atoms with Crippen LogP contribution in [0.15, 0.2) is 33.7 Å². The molecule has 1 aromatic carbocycles. The van der Waals surface area contributed by atoms with Crippen molar-refractivity contribution in [1.82, 2.24) is 4.57 Å². The molecule has 0 aliphatic carbocycles. The average molecular weight is 427 g/mol. The van der Waals surface area contributed by atoms with Gasteiger partial charge in [-0.25, -0.2) is 0 Å². The standard InChI is InChI=1S/C17H17Br2NO2/c1-11-5-6-15(12(2)8-11)20-9-13(10-21)16(19)14(17(20)22)4-3-7-18/h5-6,8-10H,3-4,7H2,1-2H3. The Morgan fingerprint density at radius 2 is 2.00 bits per heavy atom. The van der Waals surface area contributed by atoms with Gasteiger partial charge in [-0.1, -0.05) is 33.6 Å². The molecule has 1 heterocycles. The second kappa shape index (κ2) is 7.38. The van der Waals surface area contributed by atoms with E-state index in [0.717, 1.165) is 34.9 Å². The van der Waals surface area contributed by atoms with Crippen molar-refractivity contribution in [2.24, 2.45) is 0 Å². The summed E-state index contributed by atoms with van der Waals surface area (Å²) in [4.78, 5) is 24.1. The van der Waals surface area contributed by atoms with Gasteiger partial charge in [-0.15, -0.1) is 0 Å². The zero-order valence-corrected chi connectivity index (χ0v) is 15.7. The van der Waals surface area contributed by atoms with Gasteiger partial charge in [0.2, 0.25) is 0 Å². The lowest BCUT2D eigenvalue weighted by atomic mass is 10.1. The summed E-state index contributed by atoms with van der Waals surface area (Å²) in [5, 5.41) is 0.813. The molecule has 22 heavy (non-hydrogen) atoms. The molecule has 5 heteroatoms. The van der Waals surface area contributed by atoms with Crippen molar-refractivity contribution < 1.29 is 4.79 Å². The first kappa shape index (κ1) is 17.2. The van der Waals surface area contributed by atoms with Crippen LogP contribution in [0.4, 0.5) is 0 Å². The van der Waals surface area contributed by atoms with Gasteiger partial charge in [0.05, 0.1) is 5.69 Å². The van der Waals surface area contributed by atoms with Crippen LogP contribution in [0.3, 0.4) is 0 Å². The maximum atomic E-state index is 12.8. The first-order valence-corrected chi connectivity index (χ1v) is 8.93. The quantitative estimate of drug-likeness (QED) is 0.526. The van der Waals surface area contributed by atoms with Gasteiger partial charge < -0.3 is 0 Å². The number of rotatable bonds is 5. The summed E-state index contributed by atoms with van der Waals surface area (Å²) in [6.07, 6.45) is 3.84. The van der Waals surface area contributed by atoms with Crippen molar-refractivity contribution in [2.45, 2.75) is 26.7 Å². The second-order valence-electron chi connectivity index (χ2n) is 5.25. The molecular formula is C17H17Br2NO2. The maximum absolute atomic E-state index is 12.8. The molecule has 1 aromatic heterocycles. The summed E-state index contributed by atoms with van der Waals surface area (Å²) in [7, 11) is 0. The molecule has 0 aliphatic heterocycles. The smallest absolute Gasteiger partial charge is 0.259 e. The molecule has 0 bridgehead atoms. The van der Waals surface area contributed by atoms with Crippen LogP contribution in [-0.4, -0.2) is 16.2 Å². The third-order valence-electron chi connectivity index (χ3n) is 3.56. The molecule has 0 amide bonds. The lowest BCUT2D eigenvalue weighted by molar-refractivity contribution is 0.112. The lowest BCUT2D eigenvalue weighted by Gasteiger charge is -2.14. The van der Waals surface area contributed by atoms with E-state index in [1.54, 1.807) is 10.8 Å². The number of carbonyl (C=O) groups excluding carboxylic acids is 1. The van der Waals surface area contributed by atoms with Crippen LogP contribution >= 0.6 is 31.9 Å². The molecule has 2 aromatic rings. The Bertz CT molecular complexity index is 766. The zero-order chi connectivity index (χ0) is 16.3. The number of alkyl halides is 1. The van der Waals surface area contributed by atoms with Crippen molar-refractivity contribution in [3.05, 3.63) is 61.5 Å². The fraction of sp³-hybridized carbons (Fsp3) is 0.294. The fourth-order valence-electron chi connectivity index (χ4n) is 2.46. The third-order valence-corrected chi connectivity index (χ3v) is 5.06. The Morgan fingerprint density at radius 3 is 2.59 bits per heavy atom. The van der Waals surface area contributed by atoms with Gasteiger partial charge in [0.15, 0.2) is 6.29 Å². The molecule has 0 aliphatic rings. The van der Waals surface area contributed by atoms with Gasteiger partial charge in [0.25, 0.3) is 5.56 Å². The van der Waals surface area contributed by atoms with E-state index in [9.17, 15) is 9.59 Å². The number of aldehydes is 1. The lowest BCUT2D eigenvalue weighted by Crippen LogP contribution is -2.24. The molecule has 0 saturated carbocycles. The minimum absolute atomic E-state index is 0.0784. The van der Waals surface area contributed by atoms with E-state index in [0.29, 0.717) is 22.0 Å². The van der Waals surface area contributed by atoms with Crippen LogP contribution in [0.25, 0.3) is 5.69 Å². The number of aryl methyl sites for hydroxylation is 2. The largest absolute Gasteiger partial charge is 0.298 e. The number of benzene rings is 1. The van der Waals surface area contributed by atoms with Crippen LogP contribution in [0.1, 0.15) is 33.5 Å². The summed E-state index contributed by atoms with van der Waals surface area (Å²) in [6.45, 7) is 3.98. The molecule has 116 valence electrons. The minimum Gasteiger partial charge on any atom is -0.298 e. The average Bonchev–Trinajstić information content (AvgIpc) is 2.48. The number of carbonyl (C=O) groups is 1. The third kappa shape index (κ3) is 3.41. The van der Waals surface area contributed by atoms with Crippen LogP contribution in [0, 0.1) is 13.8 Å². The van der Waals surface area contributed by atoms with Gasteiger partial charge in [0.1, 0.15) is 0 Å². The topological polar surface area (TPSA) is 39.1 Å². The molecule has 0 saturated heterocycles. The number of hydrogen-bond donors (Lipinski definition) is 0. The molecule has 0 unspecified atom stereocenters. The van der Waals surface area contributed by atoms with Crippen LogP contribution in [0.2, 0.25) is 0 Å². The van der Waals surface area contributed by atoms with E-state index in [4.69, 9.17) is 0 Å². The Morgan fingerprint density at radius 1 is 1.27 bits per heavy atom. The Hall–Kier alpha value is -1.20. The van der Waals surface area contributed by atoms with Crippen LogP contribution in [-0.2, 0) is 6.42 Å². The first-order chi connectivity index (χ1) is 10.5. The number of nitrogens with zero attached hydrogens (tertiary/aromatic N) is 1. The molecule has 0 atom stereocenters. The van der Waals surface area contributed by atoms with E-state index < -0.39 is 0 Å². The predicted molar refractivity (Wildman–Crippen MR) is 96.7 cm³/mol. The van der Waals surface area contributed by atoms with Crippen molar-refractivity contribution in [3.63, 3.8) is 0 Å². The molecule has 0 spiro atoms. The van der Waals surface area contributed by atoms with Gasteiger partial charge in [0, 0.05) is 27.1 Å². The number of pyridine rings is 1. The first-order valence-electron chi connectivity index (χ1n) is 7.02. The summed E-state index contributed by atoms with van der Waals surface area (Å²) < 4.78 is 2.18. The summed E-state index contributed by atoms with van der Waals surface area (Å²) in [5.74, 6) is 0. The number of halogens is 2. The van der Waals surface area contributed by atoms with Crippen molar-refractivity contribution in [1.29, 1.82) is 0 Å². The minimum atomic E-state index is -0.0784. The SMILES string of the molecule is Cc1ccc(-n2cc(C=O)c(Br)c(CCCBr)c2=O)c(C)c1. The summed E-state index contributed by atoms with van der Waals surface area (Å²) in [6, 6.07) is 5.92. The highest BCUT2D eigenvalue weighted by Gasteiger charge is 2.15. The maximum Gasteiger partial charge on any atom is 0.259 e. The predicted octanol–water partition coefficient (Wildman–Crippen LogP) is 4.36. The number of aromatic nitrogens is 1. The highest BCUT2D eigenvalue weighted by Crippen LogP contribution is 2.22. The molecule has 3 nitrogen and oxygen atoms in total. The molecule has 0 N–H and O–H groups in total. The van der Waals surface area contributed by atoms with Gasteiger partial charge in [-0.05, 0) is 54.2 Å². The van der Waals surface area contributed by atoms with E-state index in [-0.39, 0.29) is 5.56 Å². The summed E-state index contributed by atoms with van der Waals surface area (Å²) in [5.41, 5.74) is 4.01. The van der Waals surface area contributed by atoms with Gasteiger partial charge in [-0.2, -0.15) is 0 Å². The number of hydrogen-bond acceptors (Lipinski definition) is 2. The normalized spacial score (nSPS) is 10.7. The molecule has 2 rings (SSSR count). The van der Waals surface area contributed by atoms with Crippen molar-refractivity contribution in [3.8, 4) is 5.69 Å². The highest BCUT2D eigenvalue weighted by molar-refractivity contribution is 9.10. The van der Waals surface area contributed by atoms with E-state index in [1.807, 2.05) is 32.0 Å². The Kier molecular flexibility index (Phi) is 5.75.